The van der Waals surface area contributed by atoms with Crippen molar-refractivity contribution in [2.24, 2.45) is 5.73 Å². The maximum absolute atomic E-state index is 11.9. The zero-order valence-electron chi connectivity index (χ0n) is 7.80. The quantitative estimate of drug-likeness (QED) is 0.610. The molecule has 1 aromatic heterocycles. The Balaban J connectivity index is 2.42. The molecule has 1 rings (SSSR count). The fraction of sp³-hybridized carbons (Fsp3) is 0.500. The maximum atomic E-state index is 11.9. The minimum Gasteiger partial charge on any atom is -0.453 e. The summed E-state index contributed by atoms with van der Waals surface area (Å²) >= 11 is -0.258. The highest BCUT2D eigenvalue weighted by Gasteiger charge is 2.31. The van der Waals surface area contributed by atoms with Gasteiger partial charge in [-0.05, 0) is 12.1 Å². The molecule has 0 radical (unpaired) electrons. The number of rotatable bonds is 5. The molecule has 1 heterocycles. The van der Waals surface area contributed by atoms with Crippen molar-refractivity contribution >= 4 is 11.8 Å². The van der Waals surface area contributed by atoms with Crippen molar-refractivity contribution < 1.29 is 17.6 Å². The summed E-state index contributed by atoms with van der Waals surface area (Å²) in [5.41, 5.74) is 0.929. The van der Waals surface area contributed by atoms with Gasteiger partial charge in [0.2, 0.25) is 0 Å². The van der Waals surface area contributed by atoms with Gasteiger partial charge in [-0.1, -0.05) is 0 Å². The third kappa shape index (κ3) is 5.10. The minimum absolute atomic E-state index is 0.146. The molecular formula is C8H11F3N2OS. The average molecular weight is 240 g/mol. The molecule has 3 N–H and O–H groups in total. The van der Waals surface area contributed by atoms with Gasteiger partial charge in [0, 0.05) is 24.9 Å². The highest BCUT2D eigenvalue weighted by molar-refractivity contribution is 8.00. The van der Waals surface area contributed by atoms with E-state index in [0.717, 1.165) is 0 Å². The molecule has 1 aromatic rings. The normalized spacial score (nSPS) is 12.0. The molecule has 3 nitrogen and oxygen atoms in total. The number of nitrogens with two attached hydrogens (primary N) is 1. The predicted molar refractivity (Wildman–Crippen MR) is 51.4 cm³/mol. The molecular weight excluding hydrogens is 229 g/mol. The Morgan fingerprint density at radius 2 is 2.13 bits per heavy atom. The van der Waals surface area contributed by atoms with E-state index < -0.39 is 5.51 Å². The molecule has 0 aromatic carbocycles. The zero-order chi connectivity index (χ0) is 11.3. The van der Waals surface area contributed by atoms with Crippen LogP contribution in [0.1, 0.15) is 5.76 Å². The number of nitrogens with one attached hydrogen (secondary N) is 1. The summed E-state index contributed by atoms with van der Waals surface area (Å²) in [4.78, 5) is 0. The van der Waals surface area contributed by atoms with Crippen molar-refractivity contribution in [2.75, 3.05) is 13.1 Å². The molecule has 0 saturated heterocycles. The molecule has 15 heavy (non-hydrogen) atoms. The largest absolute Gasteiger partial charge is 0.453 e. The summed E-state index contributed by atoms with van der Waals surface area (Å²) in [7, 11) is 0. The van der Waals surface area contributed by atoms with Crippen molar-refractivity contribution in [2.45, 2.75) is 17.1 Å². The number of alkyl halides is 3. The second-order valence-corrected chi connectivity index (χ2v) is 3.80. The van der Waals surface area contributed by atoms with Gasteiger partial charge in [0.25, 0.3) is 0 Å². The first kappa shape index (κ1) is 12.4. The van der Waals surface area contributed by atoms with Gasteiger partial charge in [0.05, 0.1) is 6.54 Å². The molecule has 86 valence electrons. The molecule has 0 aliphatic rings. The van der Waals surface area contributed by atoms with Crippen LogP contribution in [0.5, 0.6) is 0 Å². The molecule has 0 aliphatic heterocycles. The Labute approximate surface area is 89.2 Å². The lowest BCUT2D eigenvalue weighted by molar-refractivity contribution is -0.0335. The number of thioether (sulfide) groups is 1. The van der Waals surface area contributed by atoms with E-state index in [-0.39, 0.29) is 16.9 Å². The molecule has 0 unspecified atom stereocenters. The van der Waals surface area contributed by atoms with Crippen LogP contribution in [0.3, 0.4) is 0 Å². The molecule has 0 saturated carbocycles. The van der Waals surface area contributed by atoms with Crippen LogP contribution in [-0.4, -0.2) is 18.6 Å². The highest BCUT2D eigenvalue weighted by atomic mass is 32.2. The van der Waals surface area contributed by atoms with E-state index >= 15 is 0 Å². The lowest BCUT2D eigenvalue weighted by Crippen LogP contribution is -2.21. The average Bonchev–Trinajstić information content (AvgIpc) is 2.50. The van der Waals surface area contributed by atoms with Crippen LogP contribution >= 0.6 is 11.8 Å². The van der Waals surface area contributed by atoms with Crippen LogP contribution in [0.15, 0.2) is 21.6 Å². The first-order valence-corrected chi connectivity index (χ1v) is 5.08. The van der Waals surface area contributed by atoms with E-state index in [1.165, 1.54) is 12.1 Å². The van der Waals surface area contributed by atoms with E-state index in [9.17, 15) is 13.2 Å². The van der Waals surface area contributed by atoms with Gasteiger partial charge >= 0.3 is 5.51 Å². The topological polar surface area (TPSA) is 51.2 Å². The fourth-order valence-corrected chi connectivity index (χ4v) is 1.45. The van der Waals surface area contributed by atoms with E-state index in [0.29, 0.717) is 25.4 Å². The van der Waals surface area contributed by atoms with Crippen LogP contribution in [-0.2, 0) is 6.54 Å². The summed E-state index contributed by atoms with van der Waals surface area (Å²) in [5.74, 6) is 0.468. The first-order chi connectivity index (χ1) is 7.01. The third-order valence-electron chi connectivity index (χ3n) is 1.47. The van der Waals surface area contributed by atoms with E-state index in [2.05, 4.69) is 5.32 Å². The van der Waals surface area contributed by atoms with Crippen LogP contribution in [0, 0.1) is 0 Å². The van der Waals surface area contributed by atoms with Crippen LogP contribution in [0.25, 0.3) is 0 Å². The van der Waals surface area contributed by atoms with Crippen LogP contribution in [0.4, 0.5) is 13.2 Å². The smallest absolute Gasteiger partial charge is 0.449 e. The van der Waals surface area contributed by atoms with Crippen molar-refractivity contribution in [3.63, 3.8) is 0 Å². The monoisotopic (exact) mass is 240 g/mol. The van der Waals surface area contributed by atoms with Gasteiger partial charge in [-0.15, -0.1) is 0 Å². The summed E-state index contributed by atoms with van der Waals surface area (Å²) in [6, 6.07) is 2.81. The second-order valence-electron chi connectivity index (χ2n) is 2.73. The Morgan fingerprint density at radius 1 is 1.40 bits per heavy atom. The maximum Gasteiger partial charge on any atom is 0.449 e. The Hall–Kier alpha value is -0.660. The second kappa shape index (κ2) is 5.43. The molecule has 0 amide bonds. The Bertz CT molecular complexity index is 300. The summed E-state index contributed by atoms with van der Waals surface area (Å²) < 4.78 is 40.7. The molecule has 0 atom stereocenters. The molecule has 0 fully saturated rings. The number of hydrogen-bond donors (Lipinski definition) is 2. The van der Waals surface area contributed by atoms with Crippen molar-refractivity contribution in [3.8, 4) is 0 Å². The van der Waals surface area contributed by atoms with Gasteiger partial charge in [-0.3, -0.25) is 0 Å². The molecule has 0 spiro atoms. The fourth-order valence-electron chi connectivity index (χ4n) is 0.936. The van der Waals surface area contributed by atoms with Gasteiger partial charge in [-0.2, -0.15) is 13.2 Å². The van der Waals surface area contributed by atoms with Crippen LogP contribution in [0.2, 0.25) is 0 Å². The zero-order valence-corrected chi connectivity index (χ0v) is 8.62. The predicted octanol–water partition coefficient (Wildman–Crippen LogP) is 1.94. The molecule has 0 bridgehead atoms. The summed E-state index contributed by atoms with van der Waals surface area (Å²) in [5, 5.41) is 2.77. The summed E-state index contributed by atoms with van der Waals surface area (Å²) in [6.07, 6.45) is 0. The lowest BCUT2D eigenvalue weighted by Gasteiger charge is -2.02. The number of furan rings is 1. The highest BCUT2D eigenvalue weighted by Crippen LogP contribution is 2.37. The van der Waals surface area contributed by atoms with Gasteiger partial charge in [-0.25, -0.2) is 0 Å². The molecule has 0 aliphatic carbocycles. The van der Waals surface area contributed by atoms with E-state index in [1.807, 2.05) is 0 Å². The van der Waals surface area contributed by atoms with Crippen molar-refractivity contribution in [3.05, 3.63) is 17.9 Å². The Kier molecular flexibility index (Phi) is 4.49. The number of hydrogen-bond acceptors (Lipinski definition) is 4. The number of halogens is 3. The van der Waals surface area contributed by atoms with Crippen LogP contribution < -0.4 is 11.1 Å². The lowest BCUT2D eigenvalue weighted by atomic mass is 10.4. The standard InChI is InChI=1S/C8H11F3N2OS/c9-8(10,11)15-7-2-1-6(14-7)5-13-4-3-12/h1-2,13H,3-5,12H2. The first-order valence-electron chi connectivity index (χ1n) is 4.26. The Morgan fingerprint density at radius 3 is 2.73 bits per heavy atom. The SMILES string of the molecule is NCCNCc1ccc(SC(F)(F)F)o1. The van der Waals surface area contributed by atoms with Crippen molar-refractivity contribution in [1.29, 1.82) is 0 Å². The summed E-state index contributed by atoms with van der Waals surface area (Å²) in [6.45, 7) is 1.46. The molecule has 7 heteroatoms. The van der Waals surface area contributed by atoms with E-state index in [4.69, 9.17) is 10.2 Å². The minimum atomic E-state index is -4.31. The third-order valence-corrected chi connectivity index (χ3v) is 2.13. The van der Waals surface area contributed by atoms with Gasteiger partial charge in [0.15, 0.2) is 5.09 Å². The van der Waals surface area contributed by atoms with Gasteiger partial charge < -0.3 is 15.5 Å². The van der Waals surface area contributed by atoms with E-state index in [1.54, 1.807) is 0 Å². The van der Waals surface area contributed by atoms with Gasteiger partial charge in [0.1, 0.15) is 5.76 Å². The van der Waals surface area contributed by atoms with Crippen molar-refractivity contribution in [1.82, 2.24) is 5.32 Å².